The van der Waals surface area contributed by atoms with Crippen molar-refractivity contribution in [3.05, 3.63) is 18.0 Å². The lowest BCUT2D eigenvalue weighted by atomic mass is 10.1. The molecule has 1 aromatic heterocycles. The maximum atomic E-state index is 5.89. The number of rotatable bonds is 5. The van der Waals surface area contributed by atoms with Gasteiger partial charge in [0, 0.05) is 31.5 Å². The Balaban J connectivity index is 1.80. The summed E-state index contributed by atoms with van der Waals surface area (Å²) >= 11 is 0. The van der Waals surface area contributed by atoms with E-state index in [0.717, 1.165) is 39.0 Å². The lowest BCUT2D eigenvalue weighted by Gasteiger charge is -2.29. The Kier molecular flexibility index (Phi) is 4.53. The number of hydrogen-bond acceptors (Lipinski definition) is 4. The molecule has 0 atom stereocenters. The number of methoxy groups -OCH3 is 1. The molecule has 2 rings (SSSR count). The first-order chi connectivity index (χ1) is 8.28. The molecule has 2 N–H and O–H groups in total. The van der Waals surface area contributed by atoms with Crippen molar-refractivity contribution >= 4 is 0 Å². The van der Waals surface area contributed by atoms with Crippen LogP contribution >= 0.6 is 0 Å². The Bertz CT molecular complexity index is 331. The summed E-state index contributed by atoms with van der Waals surface area (Å²) in [6.07, 6.45) is 6.27. The summed E-state index contributed by atoms with van der Waals surface area (Å²) < 4.78 is 6.97. The van der Waals surface area contributed by atoms with E-state index in [9.17, 15) is 0 Å². The quantitative estimate of drug-likeness (QED) is 0.809. The lowest BCUT2D eigenvalue weighted by molar-refractivity contribution is 0.183. The zero-order valence-corrected chi connectivity index (χ0v) is 10.5. The molecule has 17 heavy (non-hydrogen) atoms. The van der Waals surface area contributed by atoms with Crippen LogP contribution in [0.1, 0.15) is 18.4 Å². The first-order valence-corrected chi connectivity index (χ1v) is 6.26. The molecule has 0 saturated carbocycles. The molecule has 0 spiro atoms. The number of aromatic nitrogens is 2. The standard InChI is InChI=1S/C12H22N4O/c1-17-7-6-16-10-11(8-14-16)9-15-4-2-12(13)3-5-15/h8,10,12H,2-7,9,13H2,1H3. The Hall–Kier alpha value is -0.910. The van der Waals surface area contributed by atoms with Crippen molar-refractivity contribution < 1.29 is 4.74 Å². The Labute approximate surface area is 103 Å². The smallest absolute Gasteiger partial charge is 0.0658 e. The molecule has 0 unspecified atom stereocenters. The van der Waals surface area contributed by atoms with Gasteiger partial charge in [-0.1, -0.05) is 0 Å². The number of likely N-dealkylation sites (tertiary alicyclic amines) is 1. The van der Waals surface area contributed by atoms with Gasteiger partial charge in [0.1, 0.15) is 0 Å². The second-order valence-electron chi connectivity index (χ2n) is 4.72. The lowest BCUT2D eigenvalue weighted by Crippen LogP contribution is -2.39. The molecule has 0 radical (unpaired) electrons. The molecule has 5 nitrogen and oxygen atoms in total. The average molecular weight is 238 g/mol. The van der Waals surface area contributed by atoms with Gasteiger partial charge >= 0.3 is 0 Å². The van der Waals surface area contributed by atoms with E-state index >= 15 is 0 Å². The van der Waals surface area contributed by atoms with Crippen molar-refractivity contribution in [1.82, 2.24) is 14.7 Å². The minimum atomic E-state index is 0.399. The maximum absolute atomic E-state index is 5.89. The van der Waals surface area contributed by atoms with Crippen LogP contribution in [0.4, 0.5) is 0 Å². The van der Waals surface area contributed by atoms with Crippen molar-refractivity contribution in [2.45, 2.75) is 32.0 Å². The highest BCUT2D eigenvalue weighted by Crippen LogP contribution is 2.12. The van der Waals surface area contributed by atoms with E-state index in [1.807, 2.05) is 10.9 Å². The molecule has 1 fully saturated rings. The van der Waals surface area contributed by atoms with E-state index < -0.39 is 0 Å². The molecular weight excluding hydrogens is 216 g/mol. The molecule has 0 aromatic carbocycles. The summed E-state index contributed by atoms with van der Waals surface area (Å²) in [5.41, 5.74) is 7.17. The predicted octanol–water partition coefficient (Wildman–Crippen LogP) is 0.453. The van der Waals surface area contributed by atoms with Crippen LogP contribution in [0, 0.1) is 0 Å². The predicted molar refractivity (Wildman–Crippen MR) is 66.6 cm³/mol. The van der Waals surface area contributed by atoms with Gasteiger partial charge in [0.25, 0.3) is 0 Å². The second-order valence-corrected chi connectivity index (χ2v) is 4.72. The van der Waals surface area contributed by atoms with Crippen molar-refractivity contribution in [2.24, 2.45) is 5.73 Å². The largest absolute Gasteiger partial charge is 0.383 e. The van der Waals surface area contributed by atoms with Gasteiger partial charge < -0.3 is 10.5 Å². The van der Waals surface area contributed by atoms with Gasteiger partial charge in [0.2, 0.25) is 0 Å². The zero-order chi connectivity index (χ0) is 12.1. The Morgan fingerprint density at radius 3 is 2.94 bits per heavy atom. The fourth-order valence-corrected chi connectivity index (χ4v) is 2.16. The van der Waals surface area contributed by atoms with E-state index in [2.05, 4.69) is 16.2 Å². The third-order valence-corrected chi connectivity index (χ3v) is 3.25. The second kappa shape index (κ2) is 6.14. The highest BCUT2D eigenvalue weighted by atomic mass is 16.5. The molecule has 96 valence electrons. The van der Waals surface area contributed by atoms with Crippen molar-refractivity contribution in [3.8, 4) is 0 Å². The number of ether oxygens (including phenoxy) is 1. The molecule has 5 heteroatoms. The van der Waals surface area contributed by atoms with Gasteiger partial charge in [-0.3, -0.25) is 9.58 Å². The molecular formula is C12H22N4O. The zero-order valence-electron chi connectivity index (χ0n) is 10.5. The van der Waals surface area contributed by atoms with E-state index in [4.69, 9.17) is 10.5 Å². The van der Waals surface area contributed by atoms with E-state index in [1.54, 1.807) is 7.11 Å². The summed E-state index contributed by atoms with van der Waals surface area (Å²) in [7, 11) is 1.71. The van der Waals surface area contributed by atoms with Gasteiger partial charge in [0.05, 0.1) is 19.3 Å². The van der Waals surface area contributed by atoms with Crippen LogP contribution in [0.25, 0.3) is 0 Å². The molecule has 0 amide bonds. The molecule has 0 aliphatic carbocycles. The number of hydrogen-bond donors (Lipinski definition) is 1. The van der Waals surface area contributed by atoms with Gasteiger partial charge in [-0.15, -0.1) is 0 Å². The first kappa shape index (κ1) is 12.5. The van der Waals surface area contributed by atoms with Crippen LogP contribution in [0.5, 0.6) is 0 Å². The van der Waals surface area contributed by atoms with E-state index in [1.165, 1.54) is 5.56 Å². The molecule has 1 aliphatic rings. The van der Waals surface area contributed by atoms with Crippen LogP contribution < -0.4 is 5.73 Å². The fraction of sp³-hybridized carbons (Fsp3) is 0.750. The fourth-order valence-electron chi connectivity index (χ4n) is 2.16. The van der Waals surface area contributed by atoms with E-state index in [-0.39, 0.29) is 0 Å². The maximum Gasteiger partial charge on any atom is 0.0658 e. The van der Waals surface area contributed by atoms with Gasteiger partial charge in [0.15, 0.2) is 0 Å². The summed E-state index contributed by atoms with van der Waals surface area (Å²) in [4.78, 5) is 2.45. The van der Waals surface area contributed by atoms with Crippen LogP contribution in [-0.4, -0.2) is 47.5 Å². The van der Waals surface area contributed by atoms with Gasteiger partial charge in [-0.25, -0.2) is 0 Å². The van der Waals surface area contributed by atoms with Crippen LogP contribution in [0.15, 0.2) is 12.4 Å². The number of piperidine rings is 1. The SMILES string of the molecule is COCCn1cc(CN2CCC(N)CC2)cn1. The summed E-state index contributed by atoms with van der Waals surface area (Å²) in [6.45, 7) is 4.72. The van der Waals surface area contributed by atoms with Crippen molar-refractivity contribution in [2.75, 3.05) is 26.8 Å². The van der Waals surface area contributed by atoms with Gasteiger partial charge in [-0.05, 0) is 25.9 Å². The van der Waals surface area contributed by atoms with Crippen LogP contribution in [-0.2, 0) is 17.8 Å². The molecule has 1 aromatic rings. The van der Waals surface area contributed by atoms with E-state index in [0.29, 0.717) is 12.6 Å². The number of nitrogens with zero attached hydrogens (tertiary/aromatic N) is 3. The molecule has 0 bridgehead atoms. The topological polar surface area (TPSA) is 56.3 Å². The monoisotopic (exact) mass is 238 g/mol. The highest BCUT2D eigenvalue weighted by molar-refractivity contribution is 5.04. The molecule has 1 aliphatic heterocycles. The summed E-state index contributed by atoms with van der Waals surface area (Å²) in [5.74, 6) is 0. The van der Waals surface area contributed by atoms with Gasteiger partial charge in [-0.2, -0.15) is 5.10 Å². The third kappa shape index (κ3) is 3.80. The minimum Gasteiger partial charge on any atom is -0.383 e. The third-order valence-electron chi connectivity index (χ3n) is 3.25. The normalized spacial score (nSPS) is 18.7. The minimum absolute atomic E-state index is 0.399. The van der Waals surface area contributed by atoms with Crippen molar-refractivity contribution in [3.63, 3.8) is 0 Å². The Morgan fingerprint density at radius 2 is 2.24 bits per heavy atom. The van der Waals surface area contributed by atoms with Crippen LogP contribution in [0.3, 0.4) is 0 Å². The highest BCUT2D eigenvalue weighted by Gasteiger charge is 2.16. The summed E-state index contributed by atoms with van der Waals surface area (Å²) in [5, 5.41) is 4.32. The van der Waals surface area contributed by atoms with Crippen LogP contribution in [0.2, 0.25) is 0 Å². The molecule has 1 saturated heterocycles. The average Bonchev–Trinajstić information content (AvgIpc) is 2.77. The Morgan fingerprint density at radius 1 is 1.47 bits per heavy atom. The molecule has 2 heterocycles. The summed E-state index contributed by atoms with van der Waals surface area (Å²) in [6, 6.07) is 0.399. The van der Waals surface area contributed by atoms with Crippen molar-refractivity contribution in [1.29, 1.82) is 0 Å². The first-order valence-electron chi connectivity index (χ1n) is 6.26. The number of nitrogens with two attached hydrogens (primary N) is 1.